The molecule has 2 atom stereocenters. The van der Waals surface area contributed by atoms with E-state index in [1.54, 1.807) is 0 Å². The molecule has 0 saturated carbocycles. The van der Waals surface area contributed by atoms with Gasteiger partial charge >= 0.3 is 0 Å². The van der Waals surface area contributed by atoms with Crippen molar-refractivity contribution in [2.45, 2.75) is 64.6 Å². The van der Waals surface area contributed by atoms with E-state index in [0.29, 0.717) is 12.1 Å². The van der Waals surface area contributed by atoms with Crippen molar-refractivity contribution in [2.24, 2.45) is 0 Å². The summed E-state index contributed by atoms with van der Waals surface area (Å²) in [6.07, 6.45) is 5.99. The molecule has 4 heteroatoms. The molecule has 1 fully saturated rings. The number of nitrogens with one attached hydrogen (secondary N) is 1. The fraction of sp³-hybridized carbons (Fsp3) is 0.812. The van der Waals surface area contributed by atoms with E-state index in [2.05, 4.69) is 35.7 Å². The number of likely N-dealkylation sites (tertiary alicyclic amines) is 1. The first kappa shape index (κ1) is 14.1. The maximum absolute atomic E-state index is 4.95. The lowest BCUT2D eigenvalue weighted by Crippen LogP contribution is -2.39. The van der Waals surface area contributed by atoms with Crippen LogP contribution in [0.3, 0.4) is 0 Å². The number of aromatic nitrogens is 2. The second-order valence-electron chi connectivity index (χ2n) is 6.48. The molecule has 1 aromatic heterocycles. The molecule has 3 heterocycles. The summed E-state index contributed by atoms with van der Waals surface area (Å²) in [5.74, 6) is 1.34. The Labute approximate surface area is 122 Å². The Hall–Kier alpha value is -0.870. The van der Waals surface area contributed by atoms with Crippen LogP contribution in [0.15, 0.2) is 0 Å². The van der Waals surface area contributed by atoms with Gasteiger partial charge in [-0.3, -0.25) is 0 Å². The Bertz CT molecular complexity index is 465. The summed E-state index contributed by atoms with van der Waals surface area (Å²) in [5.41, 5.74) is 2.83. The van der Waals surface area contributed by atoms with E-state index in [1.165, 1.54) is 43.0 Å². The number of nitrogens with zero attached hydrogens (tertiary/aromatic N) is 3. The van der Waals surface area contributed by atoms with E-state index in [-0.39, 0.29) is 0 Å². The van der Waals surface area contributed by atoms with E-state index in [0.717, 1.165) is 25.9 Å². The van der Waals surface area contributed by atoms with Gasteiger partial charge in [0, 0.05) is 50.3 Å². The third-order valence-electron chi connectivity index (χ3n) is 5.02. The summed E-state index contributed by atoms with van der Waals surface area (Å²) >= 11 is 0. The van der Waals surface area contributed by atoms with Crippen LogP contribution in [0, 0.1) is 0 Å². The first-order valence-corrected chi connectivity index (χ1v) is 8.20. The molecule has 0 bridgehead atoms. The monoisotopic (exact) mass is 276 g/mol. The summed E-state index contributed by atoms with van der Waals surface area (Å²) < 4.78 is 2.63. The lowest BCUT2D eigenvalue weighted by Gasteiger charge is -2.37. The van der Waals surface area contributed by atoms with Crippen LogP contribution in [-0.4, -0.2) is 40.6 Å². The Morgan fingerprint density at radius 2 is 2.25 bits per heavy atom. The molecule has 2 aliphatic rings. The topological polar surface area (TPSA) is 33.1 Å². The Morgan fingerprint density at radius 3 is 3.00 bits per heavy atom. The van der Waals surface area contributed by atoms with Crippen LogP contribution in [0.25, 0.3) is 0 Å². The van der Waals surface area contributed by atoms with Gasteiger partial charge in [-0.05, 0) is 33.2 Å². The predicted molar refractivity (Wildman–Crippen MR) is 82.0 cm³/mol. The molecule has 112 valence electrons. The number of fused-ring (bicyclic) bond motifs is 1. The molecule has 1 N–H and O–H groups in total. The van der Waals surface area contributed by atoms with E-state index < -0.39 is 0 Å². The highest BCUT2D eigenvalue weighted by molar-refractivity contribution is 5.22. The minimum atomic E-state index is 0.664. The Kier molecular flexibility index (Phi) is 4.13. The maximum atomic E-state index is 4.95. The zero-order valence-electron chi connectivity index (χ0n) is 13.2. The molecule has 0 amide bonds. The molecule has 20 heavy (non-hydrogen) atoms. The lowest BCUT2D eigenvalue weighted by atomic mass is 9.97. The van der Waals surface area contributed by atoms with Gasteiger partial charge in [-0.25, -0.2) is 4.98 Å². The molecule has 0 aromatic carbocycles. The fourth-order valence-corrected chi connectivity index (χ4v) is 3.72. The highest BCUT2D eigenvalue weighted by Gasteiger charge is 2.29. The number of piperidine rings is 1. The first-order chi connectivity index (χ1) is 9.70. The molecule has 0 radical (unpaired) electrons. The predicted octanol–water partition coefficient (Wildman–Crippen LogP) is 2.14. The average Bonchev–Trinajstić information content (AvgIpc) is 2.80. The van der Waals surface area contributed by atoms with Crippen molar-refractivity contribution < 1.29 is 0 Å². The first-order valence-electron chi connectivity index (χ1n) is 8.20. The quantitative estimate of drug-likeness (QED) is 0.918. The van der Waals surface area contributed by atoms with Gasteiger partial charge in [0.2, 0.25) is 0 Å². The lowest BCUT2D eigenvalue weighted by molar-refractivity contribution is 0.153. The summed E-state index contributed by atoms with van der Waals surface area (Å²) in [4.78, 5) is 7.43. The standard InChI is InChI=1S/C16H28N4/c1-4-5-16-18-14-11-17-8-6-15(14)20(16)13-7-9-19(3)12(2)10-13/h12-13,17H,4-11H2,1-3H3. The Morgan fingerprint density at radius 1 is 1.40 bits per heavy atom. The normalized spacial score (nSPS) is 27.6. The van der Waals surface area contributed by atoms with Crippen LogP contribution in [0.4, 0.5) is 0 Å². The molecule has 2 aliphatic heterocycles. The van der Waals surface area contributed by atoms with Crippen molar-refractivity contribution in [2.75, 3.05) is 20.1 Å². The number of rotatable bonds is 3. The number of aryl methyl sites for hydroxylation is 1. The van der Waals surface area contributed by atoms with Gasteiger partial charge in [0.1, 0.15) is 5.82 Å². The largest absolute Gasteiger partial charge is 0.328 e. The van der Waals surface area contributed by atoms with Gasteiger partial charge in [0.05, 0.1) is 5.69 Å². The molecule has 0 spiro atoms. The summed E-state index contributed by atoms with van der Waals surface area (Å²) in [5, 5.41) is 3.46. The smallest absolute Gasteiger partial charge is 0.109 e. The zero-order chi connectivity index (χ0) is 14.1. The minimum Gasteiger partial charge on any atom is -0.328 e. The summed E-state index contributed by atoms with van der Waals surface area (Å²) in [7, 11) is 2.25. The van der Waals surface area contributed by atoms with E-state index in [9.17, 15) is 0 Å². The van der Waals surface area contributed by atoms with E-state index >= 15 is 0 Å². The van der Waals surface area contributed by atoms with Crippen LogP contribution in [0.2, 0.25) is 0 Å². The molecule has 1 aromatic rings. The third-order valence-corrected chi connectivity index (χ3v) is 5.02. The number of hydrogen-bond acceptors (Lipinski definition) is 3. The van der Waals surface area contributed by atoms with Crippen LogP contribution in [-0.2, 0) is 19.4 Å². The van der Waals surface area contributed by atoms with Gasteiger partial charge in [-0.15, -0.1) is 0 Å². The molecule has 3 rings (SSSR count). The molecule has 2 unspecified atom stereocenters. The van der Waals surface area contributed by atoms with Gasteiger partial charge in [0.25, 0.3) is 0 Å². The van der Waals surface area contributed by atoms with E-state index in [4.69, 9.17) is 4.98 Å². The molecular formula is C16H28N4. The fourth-order valence-electron chi connectivity index (χ4n) is 3.72. The van der Waals surface area contributed by atoms with Crippen molar-refractivity contribution in [3.05, 3.63) is 17.2 Å². The highest BCUT2D eigenvalue weighted by atomic mass is 15.2. The van der Waals surface area contributed by atoms with Crippen molar-refractivity contribution in [3.8, 4) is 0 Å². The van der Waals surface area contributed by atoms with Crippen molar-refractivity contribution in [1.29, 1.82) is 0 Å². The third kappa shape index (κ3) is 2.51. The molecular weight excluding hydrogens is 248 g/mol. The minimum absolute atomic E-state index is 0.664. The van der Waals surface area contributed by atoms with Gasteiger partial charge in [0.15, 0.2) is 0 Å². The van der Waals surface area contributed by atoms with Gasteiger partial charge in [-0.1, -0.05) is 6.92 Å². The van der Waals surface area contributed by atoms with Gasteiger partial charge < -0.3 is 14.8 Å². The van der Waals surface area contributed by atoms with Crippen LogP contribution >= 0.6 is 0 Å². The van der Waals surface area contributed by atoms with Gasteiger partial charge in [-0.2, -0.15) is 0 Å². The summed E-state index contributed by atoms with van der Waals surface area (Å²) in [6, 6.07) is 1.35. The highest BCUT2D eigenvalue weighted by Crippen LogP contribution is 2.31. The molecule has 4 nitrogen and oxygen atoms in total. The van der Waals surface area contributed by atoms with Crippen LogP contribution in [0.1, 0.15) is 56.4 Å². The zero-order valence-corrected chi connectivity index (χ0v) is 13.2. The number of hydrogen-bond donors (Lipinski definition) is 1. The molecule has 1 saturated heterocycles. The molecule has 0 aliphatic carbocycles. The van der Waals surface area contributed by atoms with Crippen molar-refractivity contribution in [1.82, 2.24) is 19.8 Å². The average molecular weight is 276 g/mol. The van der Waals surface area contributed by atoms with Crippen molar-refractivity contribution in [3.63, 3.8) is 0 Å². The van der Waals surface area contributed by atoms with Crippen LogP contribution < -0.4 is 5.32 Å². The Balaban J connectivity index is 1.92. The second-order valence-corrected chi connectivity index (χ2v) is 6.48. The van der Waals surface area contributed by atoms with Crippen molar-refractivity contribution >= 4 is 0 Å². The van der Waals surface area contributed by atoms with E-state index in [1.807, 2.05) is 0 Å². The summed E-state index contributed by atoms with van der Waals surface area (Å²) in [6.45, 7) is 7.89. The SMILES string of the molecule is CCCc1nc2c(n1C1CCN(C)C(C)C1)CCNC2. The van der Waals surface area contributed by atoms with Crippen LogP contribution in [0.5, 0.6) is 0 Å². The number of imidazole rings is 1. The maximum Gasteiger partial charge on any atom is 0.109 e. The second kappa shape index (κ2) is 5.86.